The zero-order chi connectivity index (χ0) is 18.9. The summed E-state index contributed by atoms with van der Waals surface area (Å²) in [6.45, 7) is 5.33. The van der Waals surface area contributed by atoms with Gasteiger partial charge in [-0.3, -0.25) is 0 Å². The van der Waals surface area contributed by atoms with E-state index >= 15 is 0 Å². The van der Waals surface area contributed by atoms with Crippen LogP contribution in [0.1, 0.15) is 40.0 Å². The van der Waals surface area contributed by atoms with Gasteiger partial charge in [0.2, 0.25) is 0 Å². The van der Waals surface area contributed by atoms with E-state index in [9.17, 15) is 9.59 Å². The lowest BCUT2D eigenvalue weighted by atomic mass is 10.1. The van der Waals surface area contributed by atoms with Crippen LogP contribution in [0.4, 0.5) is 4.79 Å². The van der Waals surface area contributed by atoms with E-state index in [0.717, 1.165) is 23.1 Å². The molecule has 1 amide bonds. The molecule has 0 saturated carbocycles. The number of alkyl carbamates (subject to hydrolysis) is 1. The van der Waals surface area contributed by atoms with Crippen LogP contribution in [-0.4, -0.2) is 36.6 Å². The summed E-state index contributed by atoms with van der Waals surface area (Å²) in [6, 6.07) is 7.38. The largest absolute Gasteiger partial charge is 0.467 e. The summed E-state index contributed by atoms with van der Waals surface area (Å²) < 4.78 is 11.0. The maximum Gasteiger partial charge on any atom is 0.408 e. The van der Waals surface area contributed by atoms with Crippen LogP contribution >= 0.6 is 27.7 Å². The molecule has 0 spiro atoms. The van der Waals surface area contributed by atoms with Crippen molar-refractivity contribution in [3.05, 3.63) is 28.7 Å². The number of unbranched alkanes of at least 4 members (excludes halogenated alkanes) is 1. The van der Waals surface area contributed by atoms with Crippen molar-refractivity contribution in [2.75, 3.05) is 12.9 Å². The van der Waals surface area contributed by atoms with Crippen molar-refractivity contribution >= 4 is 39.8 Å². The first-order chi connectivity index (χ1) is 11.7. The summed E-state index contributed by atoms with van der Waals surface area (Å²) in [6.07, 6.45) is 1.63. The van der Waals surface area contributed by atoms with E-state index in [1.807, 2.05) is 18.2 Å². The molecule has 25 heavy (non-hydrogen) atoms. The molecule has 7 heteroatoms. The number of amides is 1. The molecule has 1 N–H and O–H groups in total. The molecule has 1 rings (SSSR count). The van der Waals surface area contributed by atoms with Crippen molar-refractivity contribution < 1.29 is 19.1 Å². The summed E-state index contributed by atoms with van der Waals surface area (Å²) in [5.41, 5.74) is -0.607. The molecule has 0 aromatic heterocycles. The number of ether oxygens (including phenoxy) is 2. The van der Waals surface area contributed by atoms with Crippen LogP contribution in [0.5, 0.6) is 0 Å². The fourth-order valence-electron chi connectivity index (χ4n) is 2.04. The van der Waals surface area contributed by atoms with Crippen molar-refractivity contribution in [2.45, 2.75) is 56.6 Å². The highest BCUT2D eigenvalue weighted by molar-refractivity contribution is 9.10. The van der Waals surface area contributed by atoms with Crippen molar-refractivity contribution in [1.82, 2.24) is 5.32 Å². The van der Waals surface area contributed by atoms with E-state index in [4.69, 9.17) is 9.47 Å². The van der Waals surface area contributed by atoms with Crippen LogP contribution < -0.4 is 5.32 Å². The summed E-state index contributed by atoms with van der Waals surface area (Å²) in [5.74, 6) is 0.479. The van der Waals surface area contributed by atoms with Gasteiger partial charge in [-0.05, 0) is 73.8 Å². The molecule has 0 unspecified atom stereocenters. The number of methoxy groups -OCH3 is 1. The highest BCUT2D eigenvalue weighted by atomic mass is 79.9. The van der Waals surface area contributed by atoms with Gasteiger partial charge in [-0.2, -0.15) is 0 Å². The standard InChI is InChI=1S/C18H26BrNO4S/c1-18(2,3)24-17(22)20-14(16(21)23-4)10-7-8-12-25-15-11-6-5-9-13(15)19/h5-6,9,11,14H,7-8,10,12H2,1-4H3,(H,20,22)/t14-/m0/s1. The van der Waals surface area contributed by atoms with Gasteiger partial charge in [-0.25, -0.2) is 9.59 Å². The fraction of sp³-hybridized carbons (Fsp3) is 0.556. The predicted octanol–water partition coefficient (Wildman–Crippen LogP) is 4.78. The third kappa shape index (κ3) is 9.16. The highest BCUT2D eigenvalue weighted by Crippen LogP contribution is 2.27. The van der Waals surface area contributed by atoms with E-state index in [-0.39, 0.29) is 0 Å². The lowest BCUT2D eigenvalue weighted by Crippen LogP contribution is -2.44. The molecule has 0 aliphatic carbocycles. The maximum atomic E-state index is 11.9. The number of hydrogen-bond acceptors (Lipinski definition) is 5. The molecule has 1 aromatic rings. The number of carbonyl (C=O) groups is 2. The molecule has 0 aliphatic rings. The highest BCUT2D eigenvalue weighted by Gasteiger charge is 2.24. The summed E-state index contributed by atoms with van der Waals surface area (Å²) >= 11 is 5.28. The molecule has 5 nitrogen and oxygen atoms in total. The minimum atomic E-state index is -0.687. The number of thioether (sulfide) groups is 1. The Morgan fingerprint density at radius 3 is 2.52 bits per heavy atom. The van der Waals surface area contributed by atoms with E-state index < -0.39 is 23.7 Å². The van der Waals surface area contributed by atoms with E-state index in [2.05, 4.69) is 27.3 Å². The number of esters is 1. The molecular formula is C18H26BrNO4S. The summed E-state index contributed by atoms with van der Waals surface area (Å²) in [5, 5.41) is 2.59. The summed E-state index contributed by atoms with van der Waals surface area (Å²) in [4.78, 5) is 24.9. The minimum Gasteiger partial charge on any atom is -0.467 e. The Kier molecular flexibility index (Phi) is 9.35. The topological polar surface area (TPSA) is 64.6 Å². The van der Waals surface area contributed by atoms with Crippen molar-refractivity contribution in [1.29, 1.82) is 0 Å². The first kappa shape index (κ1) is 21.8. The first-order valence-corrected chi connectivity index (χ1v) is 9.95. The van der Waals surface area contributed by atoms with Gasteiger partial charge in [0.15, 0.2) is 0 Å². The van der Waals surface area contributed by atoms with Crippen LogP contribution in [-0.2, 0) is 14.3 Å². The molecule has 1 atom stereocenters. The molecule has 0 radical (unpaired) electrons. The van der Waals surface area contributed by atoms with E-state index in [1.165, 1.54) is 12.0 Å². The van der Waals surface area contributed by atoms with Crippen LogP contribution in [0.15, 0.2) is 33.6 Å². The Morgan fingerprint density at radius 1 is 1.24 bits per heavy atom. The molecule has 0 saturated heterocycles. The quantitative estimate of drug-likeness (QED) is 0.364. The van der Waals surface area contributed by atoms with Gasteiger partial charge in [-0.1, -0.05) is 12.1 Å². The fourth-order valence-corrected chi connectivity index (χ4v) is 3.61. The third-order valence-corrected chi connectivity index (χ3v) is 5.27. The number of nitrogens with one attached hydrogen (secondary N) is 1. The number of benzene rings is 1. The zero-order valence-electron chi connectivity index (χ0n) is 15.1. The lowest BCUT2D eigenvalue weighted by molar-refractivity contribution is -0.143. The van der Waals surface area contributed by atoms with Gasteiger partial charge in [-0.15, -0.1) is 11.8 Å². The molecule has 0 bridgehead atoms. The smallest absolute Gasteiger partial charge is 0.408 e. The van der Waals surface area contributed by atoms with Crippen molar-refractivity contribution in [2.24, 2.45) is 0 Å². The molecule has 0 fully saturated rings. The van der Waals surface area contributed by atoms with Crippen LogP contribution in [0.3, 0.4) is 0 Å². The Hall–Kier alpha value is -1.21. The monoisotopic (exact) mass is 431 g/mol. The molecule has 0 aliphatic heterocycles. The number of rotatable bonds is 8. The van der Waals surface area contributed by atoms with Crippen molar-refractivity contribution in [3.8, 4) is 0 Å². The van der Waals surface area contributed by atoms with Crippen LogP contribution in [0.25, 0.3) is 0 Å². The average Bonchev–Trinajstić information content (AvgIpc) is 2.52. The van der Waals surface area contributed by atoms with Crippen LogP contribution in [0, 0.1) is 0 Å². The number of halogens is 1. The molecule has 140 valence electrons. The van der Waals surface area contributed by atoms with Crippen LogP contribution in [0.2, 0.25) is 0 Å². The van der Waals surface area contributed by atoms with Gasteiger partial charge in [0.1, 0.15) is 11.6 Å². The van der Waals surface area contributed by atoms with Gasteiger partial charge in [0.05, 0.1) is 7.11 Å². The average molecular weight is 432 g/mol. The van der Waals surface area contributed by atoms with Gasteiger partial charge in [0.25, 0.3) is 0 Å². The van der Waals surface area contributed by atoms with Gasteiger partial charge in [0, 0.05) is 9.37 Å². The van der Waals surface area contributed by atoms with Gasteiger partial charge >= 0.3 is 12.1 Å². The zero-order valence-corrected chi connectivity index (χ0v) is 17.5. The lowest BCUT2D eigenvalue weighted by Gasteiger charge is -2.22. The molecular weight excluding hydrogens is 406 g/mol. The normalized spacial score (nSPS) is 12.4. The number of carbonyl (C=O) groups excluding carboxylic acids is 2. The minimum absolute atomic E-state index is 0.454. The Bertz CT molecular complexity index is 574. The second kappa shape index (κ2) is 10.7. The Labute approximate surface area is 162 Å². The number of hydrogen-bond donors (Lipinski definition) is 1. The molecule has 1 aromatic carbocycles. The predicted molar refractivity (Wildman–Crippen MR) is 104 cm³/mol. The maximum absolute atomic E-state index is 11.9. The second-order valence-corrected chi connectivity index (χ2v) is 8.49. The van der Waals surface area contributed by atoms with E-state index in [0.29, 0.717) is 6.42 Å². The second-order valence-electron chi connectivity index (χ2n) is 6.50. The third-order valence-electron chi connectivity index (χ3n) is 3.16. The molecule has 0 heterocycles. The Morgan fingerprint density at radius 2 is 1.92 bits per heavy atom. The first-order valence-electron chi connectivity index (χ1n) is 8.17. The van der Waals surface area contributed by atoms with Crippen molar-refractivity contribution in [3.63, 3.8) is 0 Å². The summed E-state index contributed by atoms with van der Waals surface area (Å²) in [7, 11) is 1.31. The van der Waals surface area contributed by atoms with Gasteiger partial charge < -0.3 is 14.8 Å². The Balaban J connectivity index is 2.39. The SMILES string of the molecule is COC(=O)[C@H](CCCCSc1ccccc1Br)NC(=O)OC(C)(C)C. The van der Waals surface area contributed by atoms with E-state index in [1.54, 1.807) is 32.5 Å².